The van der Waals surface area contributed by atoms with E-state index in [0.29, 0.717) is 5.69 Å². The first kappa shape index (κ1) is 18.6. The quantitative estimate of drug-likeness (QED) is 0.547. The van der Waals surface area contributed by atoms with Crippen molar-refractivity contribution in [2.75, 3.05) is 12.0 Å². The van der Waals surface area contributed by atoms with E-state index in [9.17, 15) is 19.2 Å². The number of nitrogens with zero attached hydrogens (tertiary/aromatic N) is 1. The van der Waals surface area contributed by atoms with Gasteiger partial charge in [-0.2, -0.15) is 0 Å². The van der Waals surface area contributed by atoms with Gasteiger partial charge in [0, 0.05) is 7.11 Å². The van der Waals surface area contributed by atoms with Gasteiger partial charge in [0.25, 0.3) is 0 Å². The number of esters is 1. The third kappa shape index (κ3) is 2.78. The molecule has 0 spiro atoms. The van der Waals surface area contributed by atoms with E-state index in [0.717, 1.165) is 4.90 Å². The Morgan fingerprint density at radius 3 is 2.21 bits per heavy atom. The first-order valence-corrected chi connectivity index (χ1v) is 8.96. The van der Waals surface area contributed by atoms with E-state index in [2.05, 4.69) is 0 Å². The molecule has 2 amide bonds. The number of carbonyl (C=O) groups is 4. The van der Waals surface area contributed by atoms with Gasteiger partial charge in [-0.1, -0.05) is 18.2 Å². The van der Waals surface area contributed by atoms with E-state index in [1.165, 1.54) is 7.11 Å². The number of ether oxygens (including phenoxy) is 3. The molecule has 0 saturated carbocycles. The Kier molecular flexibility index (Phi) is 4.64. The maximum atomic E-state index is 13.0. The highest BCUT2D eigenvalue weighted by atomic mass is 16.6. The second kappa shape index (κ2) is 6.99. The number of imide groups is 1. The summed E-state index contributed by atoms with van der Waals surface area (Å²) in [6, 6.07) is 8.61. The summed E-state index contributed by atoms with van der Waals surface area (Å²) in [5.41, 5.74) is 0.482. The number of hydrogen-bond acceptors (Lipinski definition) is 7. The predicted molar refractivity (Wildman–Crippen MR) is 92.1 cm³/mol. The third-order valence-corrected chi connectivity index (χ3v) is 5.49. The number of benzene rings is 1. The number of aliphatic carboxylic acids is 1. The molecule has 3 aliphatic rings. The van der Waals surface area contributed by atoms with Crippen LogP contribution < -0.4 is 4.90 Å². The van der Waals surface area contributed by atoms with Crippen LogP contribution in [-0.2, 0) is 33.4 Å². The van der Waals surface area contributed by atoms with Crippen molar-refractivity contribution < 1.29 is 38.5 Å². The molecule has 4 rings (SSSR count). The Bertz CT molecular complexity index is 824. The minimum absolute atomic E-state index is 0.295. The summed E-state index contributed by atoms with van der Waals surface area (Å²) in [6.45, 7) is 0. The van der Waals surface area contributed by atoms with E-state index >= 15 is 0 Å². The van der Waals surface area contributed by atoms with Crippen LogP contribution in [0.25, 0.3) is 0 Å². The Balaban J connectivity index is 1.56. The summed E-state index contributed by atoms with van der Waals surface area (Å²) in [6.07, 6.45) is -3.74. The number of fused-ring (bicyclic) bond motifs is 5. The summed E-state index contributed by atoms with van der Waals surface area (Å²) in [5, 5.41) is 8.71. The molecule has 148 valence electrons. The molecule has 0 aliphatic carbocycles. The molecule has 3 saturated heterocycles. The zero-order valence-electron chi connectivity index (χ0n) is 15.0. The van der Waals surface area contributed by atoms with Crippen molar-refractivity contribution in [2.24, 2.45) is 11.8 Å². The molecule has 9 heteroatoms. The van der Waals surface area contributed by atoms with Crippen LogP contribution in [0.3, 0.4) is 0 Å². The highest BCUT2D eigenvalue weighted by Gasteiger charge is 2.70. The van der Waals surface area contributed by atoms with Crippen molar-refractivity contribution in [3.05, 3.63) is 30.3 Å². The van der Waals surface area contributed by atoms with E-state index in [-0.39, 0.29) is 18.7 Å². The number of anilines is 1. The Morgan fingerprint density at radius 1 is 1.04 bits per heavy atom. The maximum absolute atomic E-state index is 13.0. The number of carboxylic acid groups (broad SMARTS) is 1. The summed E-state index contributed by atoms with van der Waals surface area (Å²) in [5.74, 6) is -4.03. The molecule has 9 nitrogen and oxygen atoms in total. The third-order valence-electron chi connectivity index (χ3n) is 5.49. The molecular weight excluding hydrogens is 370 g/mol. The number of hydrogen-bond donors (Lipinski definition) is 1. The molecule has 28 heavy (non-hydrogen) atoms. The average Bonchev–Trinajstić information content (AvgIpc) is 3.30. The fourth-order valence-electron chi connectivity index (χ4n) is 4.35. The lowest BCUT2D eigenvalue weighted by molar-refractivity contribution is -0.162. The number of methoxy groups -OCH3 is 1. The maximum Gasteiger partial charge on any atom is 0.306 e. The molecular formula is C19H19NO8. The minimum atomic E-state index is -1.11. The van der Waals surface area contributed by atoms with Crippen LogP contribution >= 0.6 is 0 Å². The van der Waals surface area contributed by atoms with Gasteiger partial charge in [0.2, 0.25) is 11.8 Å². The van der Waals surface area contributed by atoms with Crippen LogP contribution in [0, 0.1) is 11.8 Å². The van der Waals surface area contributed by atoms with E-state index < -0.39 is 54.1 Å². The number of carboxylic acids is 1. The smallest absolute Gasteiger partial charge is 0.306 e. The Labute approximate surface area is 160 Å². The van der Waals surface area contributed by atoms with Crippen LogP contribution in [0.5, 0.6) is 0 Å². The fraction of sp³-hybridized carbons (Fsp3) is 0.474. The van der Waals surface area contributed by atoms with E-state index in [4.69, 9.17) is 19.3 Å². The zero-order valence-corrected chi connectivity index (χ0v) is 15.0. The lowest BCUT2D eigenvalue weighted by atomic mass is 9.78. The van der Waals surface area contributed by atoms with Crippen LogP contribution in [0.4, 0.5) is 5.69 Å². The standard InChI is InChI=1S/C19H19NO8/c1-26-16-14-12-13(15(28-14)17(16)27-11(23)8-7-10(21)22)19(25)20(18(12)24)9-5-3-2-4-6-9/h2-6,12-17H,7-8H2,1H3,(H,21,22). The number of para-hydroxylation sites is 1. The van der Waals surface area contributed by atoms with Gasteiger partial charge >= 0.3 is 11.9 Å². The summed E-state index contributed by atoms with van der Waals surface area (Å²) < 4.78 is 16.6. The average molecular weight is 389 g/mol. The molecule has 3 heterocycles. The number of carbonyl (C=O) groups excluding carboxylic acids is 3. The number of amides is 2. The van der Waals surface area contributed by atoms with E-state index in [1.54, 1.807) is 30.3 Å². The summed E-state index contributed by atoms with van der Waals surface area (Å²) >= 11 is 0. The molecule has 0 radical (unpaired) electrons. The van der Waals surface area contributed by atoms with E-state index in [1.807, 2.05) is 0 Å². The van der Waals surface area contributed by atoms with Gasteiger partial charge in [0.15, 0.2) is 6.10 Å². The summed E-state index contributed by atoms with van der Waals surface area (Å²) in [4.78, 5) is 49.7. The SMILES string of the molecule is COC1C(OC(=O)CCC(=O)O)C2OC1C1C(=O)N(c3ccccc3)C(=O)C21. The molecule has 1 aromatic rings. The van der Waals surface area contributed by atoms with Gasteiger partial charge in [-0.05, 0) is 12.1 Å². The Morgan fingerprint density at radius 2 is 1.64 bits per heavy atom. The minimum Gasteiger partial charge on any atom is -0.481 e. The molecule has 1 N–H and O–H groups in total. The van der Waals surface area contributed by atoms with Crippen molar-refractivity contribution in [1.82, 2.24) is 0 Å². The monoisotopic (exact) mass is 389 g/mol. The molecule has 3 aliphatic heterocycles. The molecule has 2 bridgehead atoms. The van der Waals surface area contributed by atoms with Gasteiger partial charge < -0.3 is 19.3 Å². The zero-order chi connectivity index (χ0) is 20.0. The van der Waals surface area contributed by atoms with Gasteiger partial charge in [-0.25, -0.2) is 4.90 Å². The second-order valence-corrected chi connectivity index (χ2v) is 7.01. The van der Waals surface area contributed by atoms with Crippen molar-refractivity contribution in [2.45, 2.75) is 37.3 Å². The predicted octanol–water partition coefficient (Wildman–Crippen LogP) is 0.365. The van der Waals surface area contributed by atoms with Crippen LogP contribution in [0.15, 0.2) is 30.3 Å². The van der Waals surface area contributed by atoms with Gasteiger partial charge in [0.05, 0.1) is 30.4 Å². The van der Waals surface area contributed by atoms with Gasteiger partial charge in [0.1, 0.15) is 18.3 Å². The number of rotatable bonds is 6. The van der Waals surface area contributed by atoms with Crippen LogP contribution in [0.1, 0.15) is 12.8 Å². The van der Waals surface area contributed by atoms with Crippen molar-refractivity contribution in [3.63, 3.8) is 0 Å². The second-order valence-electron chi connectivity index (χ2n) is 7.01. The van der Waals surface area contributed by atoms with Crippen LogP contribution in [0.2, 0.25) is 0 Å². The summed E-state index contributed by atoms with van der Waals surface area (Å²) in [7, 11) is 1.41. The molecule has 6 unspecified atom stereocenters. The normalized spacial score (nSPS) is 33.2. The lowest BCUT2D eigenvalue weighted by Gasteiger charge is -2.31. The first-order chi connectivity index (χ1) is 13.4. The highest BCUT2D eigenvalue weighted by molar-refractivity contribution is 6.22. The lowest BCUT2D eigenvalue weighted by Crippen LogP contribution is -2.50. The molecule has 6 atom stereocenters. The van der Waals surface area contributed by atoms with Crippen molar-refractivity contribution >= 4 is 29.4 Å². The molecule has 1 aromatic carbocycles. The van der Waals surface area contributed by atoms with Gasteiger partial charge in [-0.3, -0.25) is 19.2 Å². The van der Waals surface area contributed by atoms with Crippen molar-refractivity contribution in [3.8, 4) is 0 Å². The molecule has 0 aromatic heterocycles. The Hall–Kier alpha value is -2.78. The topological polar surface area (TPSA) is 119 Å². The van der Waals surface area contributed by atoms with Crippen molar-refractivity contribution in [1.29, 1.82) is 0 Å². The molecule has 3 fully saturated rings. The van der Waals surface area contributed by atoms with Crippen LogP contribution in [-0.4, -0.2) is 60.4 Å². The fourth-order valence-corrected chi connectivity index (χ4v) is 4.35. The largest absolute Gasteiger partial charge is 0.481 e. The highest BCUT2D eigenvalue weighted by Crippen LogP contribution is 2.51. The first-order valence-electron chi connectivity index (χ1n) is 8.96. The van der Waals surface area contributed by atoms with Gasteiger partial charge in [-0.15, -0.1) is 0 Å².